The molecule has 2 rings (SSSR count). The van der Waals surface area contributed by atoms with Gasteiger partial charge in [-0.1, -0.05) is 56.4 Å². The Morgan fingerprint density at radius 2 is 1.25 bits per heavy atom. The Bertz CT molecular complexity index is 628. The monoisotopic (exact) mass is 406 g/mol. The van der Waals surface area contributed by atoms with E-state index in [1.807, 2.05) is 24.3 Å². The molecule has 2 aromatic carbocycles. The normalized spacial score (nSPS) is 10.8. The van der Waals surface area contributed by atoms with Crippen LogP contribution < -0.4 is 9.62 Å². The van der Waals surface area contributed by atoms with E-state index in [4.69, 9.17) is 31.2 Å². The summed E-state index contributed by atoms with van der Waals surface area (Å²) in [4.78, 5) is 10.5. The molecule has 0 amide bonds. The Morgan fingerprint density at radius 1 is 0.679 bits per heavy atom. The number of benzene rings is 2. The van der Waals surface area contributed by atoms with Gasteiger partial charge < -0.3 is 14.7 Å². The van der Waals surface area contributed by atoms with Crippen LogP contribution in [-0.4, -0.2) is 17.6 Å². The first-order valence-corrected chi connectivity index (χ1v) is 10.6. The highest BCUT2D eigenvalue weighted by molar-refractivity contribution is 6.17. The van der Waals surface area contributed by atoms with Crippen molar-refractivity contribution in [3.05, 3.63) is 59.7 Å². The fourth-order valence-electron chi connectivity index (χ4n) is 2.77. The predicted octanol–water partition coefficient (Wildman–Crippen LogP) is 6.04. The van der Waals surface area contributed by atoms with E-state index in [0.717, 1.165) is 42.2 Å². The van der Waals surface area contributed by atoms with Crippen molar-refractivity contribution in [1.29, 1.82) is 0 Å². The lowest BCUT2D eigenvalue weighted by atomic mass is 10.1. The second-order valence-corrected chi connectivity index (χ2v) is 7.18. The Kier molecular flexibility index (Phi) is 11.5. The van der Waals surface area contributed by atoms with Gasteiger partial charge in [0.2, 0.25) is 0 Å². The third kappa shape index (κ3) is 9.45. The first-order chi connectivity index (χ1) is 13.8. The number of rotatable bonds is 15. The fraction of sp³-hybridized carbons (Fsp3) is 0.478. The molecule has 0 atom stereocenters. The summed E-state index contributed by atoms with van der Waals surface area (Å²) in [6.45, 7) is 1.13. The van der Waals surface area contributed by atoms with Gasteiger partial charge in [0.15, 0.2) is 5.75 Å². The number of hydrogen-bond acceptors (Lipinski definition) is 4. The number of halogens is 1. The molecule has 154 valence electrons. The van der Waals surface area contributed by atoms with Gasteiger partial charge >= 0.3 is 0 Å². The Hall–Kier alpha value is -1.75. The number of hydrogen-bond donors (Lipinski definition) is 1. The van der Waals surface area contributed by atoms with Crippen LogP contribution in [0.2, 0.25) is 0 Å². The summed E-state index contributed by atoms with van der Waals surface area (Å²) in [7, 11) is 0. The zero-order valence-electron chi connectivity index (χ0n) is 16.4. The molecular weight excluding hydrogens is 376 g/mol. The summed E-state index contributed by atoms with van der Waals surface area (Å²) in [5, 5.41) is 9.02. The van der Waals surface area contributed by atoms with Crippen molar-refractivity contribution in [1.82, 2.24) is 0 Å². The predicted molar refractivity (Wildman–Crippen MR) is 113 cm³/mol. The van der Waals surface area contributed by atoms with Crippen molar-refractivity contribution in [2.45, 2.75) is 58.2 Å². The molecule has 0 saturated carbocycles. The molecule has 28 heavy (non-hydrogen) atoms. The third-order valence-corrected chi connectivity index (χ3v) is 4.72. The third-order valence-electron chi connectivity index (χ3n) is 4.46. The van der Waals surface area contributed by atoms with Crippen molar-refractivity contribution < 1.29 is 19.6 Å². The van der Waals surface area contributed by atoms with Crippen LogP contribution >= 0.6 is 11.6 Å². The average molecular weight is 407 g/mol. The quantitative estimate of drug-likeness (QED) is 0.169. The standard InChI is InChI=1S/C23H31ClO4/c24-16-6-4-2-1-3-5-7-17-26-22-12-10-21(11-13-22)19-27-28-23-14-8-20(18-25)9-15-23/h8-15,25H,1-7,16-19H2. The van der Waals surface area contributed by atoms with Gasteiger partial charge in [0.1, 0.15) is 12.4 Å². The van der Waals surface area contributed by atoms with Gasteiger partial charge in [-0.3, -0.25) is 0 Å². The van der Waals surface area contributed by atoms with Crippen molar-refractivity contribution in [2.75, 3.05) is 12.5 Å². The van der Waals surface area contributed by atoms with E-state index >= 15 is 0 Å². The number of aliphatic hydroxyl groups excluding tert-OH is 1. The summed E-state index contributed by atoms with van der Waals surface area (Å²) >= 11 is 5.67. The van der Waals surface area contributed by atoms with E-state index in [-0.39, 0.29) is 6.61 Å². The summed E-state index contributed by atoms with van der Waals surface area (Å²) in [6, 6.07) is 15.0. The summed E-state index contributed by atoms with van der Waals surface area (Å²) in [6.07, 6.45) is 8.53. The number of aliphatic hydroxyl groups is 1. The van der Waals surface area contributed by atoms with Crippen LogP contribution in [0.4, 0.5) is 0 Å². The zero-order chi connectivity index (χ0) is 19.9. The van der Waals surface area contributed by atoms with Crippen LogP contribution in [0.3, 0.4) is 0 Å². The molecule has 4 nitrogen and oxygen atoms in total. The molecule has 0 aromatic heterocycles. The first-order valence-electron chi connectivity index (χ1n) is 10.1. The molecule has 0 heterocycles. The van der Waals surface area contributed by atoms with E-state index in [1.54, 1.807) is 24.3 Å². The number of unbranched alkanes of at least 4 members (excludes halogenated alkanes) is 6. The zero-order valence-corrected chi connectivity index (χ0v) is 17.2. The minimum atomic E-state index is 0.0184. The van der Waals surface area contributed by atoms with Crippen LogP contribution in [0, 0.1) is 0 Å². The smallest absolute Gasteiger partial charge is 0.165 e. The molecule has 0 radical (unpaired) electrons. The lowest BCUT2D eigenvalue weighted by Gasteiger charge is -2.08. The molecule has 0 bridgehead atoms. The second kappa shape index (κ2) is 14.3. The molecule has 0 aliphatic carbocycles. The van der Waals surface area contributed by atoms with Crippen molar-refractivity contribution in [3.8, 4) is 11.5 Å². The lowest BCUT2D eigenvalue weighted by molar-refractivity contribution is -0.217. The minimum Gasteiger partial charge on any atom is -0.494 e. The number of alkyl halides is 1. The van der Waals surface area contributed by atoms with Gasteiger partial charge in [0.05, 0.1) is 13.2 Å². The molecule has 1 N–H and O–H groups in total. The van der Waals surface area contributed by atoms with E-state index in [9.17, 15) is 0 Å². The average Bonchev–Trinajstić information content (AvgIpc) is 2.74. The first kappa shape index (κ1) is 22.5. The van der Waals surface area contributed by atoms with Gasteiger partial charge in [-0.25, -0.2) is 0 Å². The van der Waals surface area contributed by atoms with Crippen molar-refractivity contribution in [2.24, 2.45) is 0 Å². The lowest BCUT2D eigenvalue weighted by Crippen LogP contribution is -1.99. The van der Waals surface area contributed by atoms with E-state index in [2.05, 4.69) is 0 Å². The maximum atomic E-state index is 9.02. The molecular formula is C23H31ClO4. The molecule has 0 aliphatic rings. The van der Waals surface area contributed by atoms with Crippen molar-refractivity contribution >= 4 is 11.6 Å². The Balaban J connectivity index is 1.54. The van der Waals surface area contributed by atoms with Gasteiger partial charge in [-0.05, 0) is 48.2 Å². The SMILES string of the molecule is OCc1ccc(OOCc2ccc(OCCCCCCCCCCl)cc2)cc1. The molecule has 0 unspecified atom stereocenters. The van der Waals surface area contributed by atoms with Crippen LogP contribution in [0.1, 0.15) is 56.1 Å². The van der Waals surface area contributed by atoms with Gasteiger partial charge in [-0.15, -0.1) is 11.6 Å². The van der Waals surface area contributed by atoms with Crippen LogP contribution in [0.5, 0.6) is 11.5 Å². The highest BCUT2D eigenvalue weighted by atomic mass is 35.5. The minimum absolute atomic E-state index is 0.0184. The summed E-state index contributed by atoms with van der Waals surface area (Å²) < 4.78 is 5.79. The van der Waals surface area contributed by atoms with Crippen LogP contribution in [0.25, 0.3) is 0 Å². The Morgan fingerprint density at radius 3 is 1.89 bits per heavy atom. The molecule has 0 fully saturated rings. The maximum Gasteiger partial charge on any atom is 0.165 e. The van der Waals surface area contributed by atoms with Crippen LogP contribution in [-0.2, 0) is 18.1 Å². The molecule has 0 aliphatic heterocycles. The van der Waals surface area contributed by atoms with Gasteiger partial charge in [0.25, 0.3) is 0 Å². The largest absolute Gasteiger partial charge is 0.494 e. The van der Waals surface area contributed by atoms with E-state index in [0.29, 0.717) is 12.4 Å². The second-order valence-electron chi connectivity index (χ2n) is 6.80. The van der Waals surface area contributed by atoms with Gasteiger partial charge in [-0.2, -0.15) is 4.89 Å². The highest BCUT2D eigenvalue weighted by Crippen LogP contribution is 2.16. The Labute approximate surface area is 173 Å². The fourth-order valence-corrected chi connectivity index (χ4v) is 2.96. The van der Waals surface area contributed by atoms with Crippen LogP contribution in [0.15, 0.2) is 48.5 Å². The summed E-state index contributed by atoms with van der Waals surface area (Å²) in [5.41, 5.74) is 1.85. The molecule has 0 spiro atoms. The molecule has 0 saturated heterocycles. The van der Waals surface area contributed by atoms with Gasteiger partial charge in [0, 0.05) is 5.88 Å². The topological polar surface area (TPSA) is 47.9 Å². The highest BCUT2D eigenvalue weighted by Gasteiger charge is 2.00. The van der Waals surface area contributed by atoms with E-state index < -0.39 is 0 Å². The van der Waals surface area contributed by atoms with Crippen molar-refractivity contribution in [3.63, 3.8) is 0 Å². The molecule has 2 aromatic rings. The van der Waals surface area contributed by atoms with E-state index in [1.165, 1.54) is 32.1 Å². The number of ether oxygens (including phenoxy) is 1. The maximum absolute atomic E-state index is 9.02. The summed E-state index contributed by atoms with van der Waals surface area (Å²) in [5.74, 6) is 2.27. The molecule has 5 heteroatoms.